The molecule has 4 heteroatoms. The molecule has 0 amide bonds. The molecule has 0 aliphatic rings. The number of nitrogens with one attached hydrogen (secondary N) is 1. The van der Waals surface area contributed by atoms with E-state index in [1.807, 2.05) is 24.3 Å². The van der Waals surface area contributed by atoms with E-state index >= 15 is 0 Å². The van der Waals surface area contributed by atoms with E-state index in [9.17, 15) is 0 Å². The Morgan fingerprint density at radius 1 is 1.24 bits per heavy atom. The van der Waals surface area contributed by atoms with Crippen molar-refractivity contribution in [2.24, 2.45) is 0 Å². The molecule has 2 aromatic rings. The number of pyridine rings is 1. The molecule has 0 saturated heterocycles. The highest BCUT2D eigenvalue weighted by atomic mass is 35.5. The van der Waals surface area contributed by atoms with Crippen LogP contribution in [-0.2, 0) is 6.54 Å². The number of nitriles is 1. The lowest BCUT2D eigenvalue weighted by Gasteiger charge is -2.07. The lowest BCUT2D eigenvalue weighted by Crippen LogP contribution is -1.99. The SMILES string of the molecule is N#Cc1ccc(NCc2ccncc2)cc1Cl. The second-order valence-corrected chi connectivity index (χ2v) is 3.92. The van der Waals surface area contributed by atoms with E-state index < -0.39 is 0 Å². The minimum absolute atomic E-state index is 0.465. The van der Waals surface area contributed by atoms with E-state index in [-0.39, 0.29) is 0 Å². The third-order valence-corrected chi connectivity index (χ3v) is 2.65. The van der Waals surface area contributed by atoms with Crippen LogP contribution in [0.4, 0.5) is 5.69 Å². The van der Waals surface area contributed by atoms with E-state index in [4.69, 9.17) is 16.9 Å². The van der Waals surface area contributed by atoms with E-state index in [0.29, 0.717) is 17.1 Å². The van der Waals surface area contributed by atoms with E-state index in [1.165, 1.54) is 0 Å². The Hall–Kier alpha value is -2.05. The van der Waals surface area contributed by atoms with Crippen molar-refractivity contribution in [3.8, 4) is 6.07 Å². The molecule has 17 heavy (non-hydrogen) atoms. The molecule has 0 radical (unpaired) electrons. The van der Waals surface area contributed by atoms with E-state index in [1.54, 1.807) is 24.5 Å². The predicted octanol–water partition coefficient (Wildman–Crippen LogP) is 3.22. The van der Waals surface area contributed by atoms with Crippen molar-refractivity contribution in [3.63, 3.8) is 0 Å². The number of rotatable bonds is 3. The first-order valence-corrected chi connectivity index (χ1v) is 5.50. The zero-order chi connectivity index (χ0) is 12.1. The molecule has 0 unspecified atom stereocenters. The molecule has 2 rings (SSSR count). The van der Waals surface area contributed by atoms with Gasteiger partial charge < -0.3 is 5.32 Å². The van der Waals surface area contributed by atoms with Gasteiger partial charge in [0, 0.05) is 24.6 Å². The lowest BCUT2D eigenvalue weighted by atomic mass is 10.2. The number of halogens is 1. The summed E-state index contributed by atoms with van der Waals surface area (Å²) < 4.78 is 0. The summed E-state index contributed by atoms with van der Waals surface area (Å²) in [5.74, 6) is 0. The summed E-state index contributed by atoms with van der Waals surface area (Å²) in [6.07, 6.45) is 3.51. The van der Waals surface area contributed by atoms with Crippen LogP contribution in [0.3, 0.4) is 0 Å². The molecule has 0 aliphatic heterocycles. The second kappa shape index (κ2) is 5.33. The Labute approximate surface area is 105 Å². The van der Waals surface area contributed by atoms with Gasteiger partial charge in [0.1, 0.15) is 6.07 Å². The molecular weight excluding hydrogens is 234 g/mol. The van der Waals surface area contributed by atoms with Crippen LogP contribution < -0.4 is 5.32 Å². The summed E-state index contributed by atoms with van der Waals surface area (Å²) in [5, 5.41) is 12.5. The summed E-state index contributed by atoms with van der Waals surface area (Å²) >= 11 is 5.94. The highest BCUT2D eigenvalue weighted by molar-refractivity contribution is 6.32. The Morgan fingerprint density at radius 2 is 2.00 bits per heavy atom. The van der Waals surface area contributed by atoms with Gasteiger partial charge in [-0.15, -0.1) is 0 Å². The van der Waals surface area contributed by atoms with Crippen molar-refractivity contribution in [3.05, 3.63) is 58.9 Å². The Morgan fingerprint density at radius 3 is 2.65 bits per heavy atom. The topological polar surface area (TPSA) is 48.7 Å². The van der Waals surface area contributed by atoms with Crippen LogP contribution in [0.1, 0.15) is 11.1 Å². The Bertz CT molecular complexity index is 546. The van der Waals surface area contributed by atoms with Crippen molar-refractivity contribution in [2.45, 2.75) is 6.54 Å². The molecule has 84 valence electrons. The van der Waals surface area contributed by atoms with Crippen LogP contribution >= 0.6 is 11.6 Å². The van der Waals surface area contributed by atoms with Gasteiger partial charge in [0.05, 0.1) is 10.6 Å². The van der Waals surface area contributed by atoms with Gasteiger partial charge in [-0.25, -0.2) is 0 Å². The average Bonchev–Trinajstić information content (AvgIpc) is 2.38. The average molecular weight is 244 g/mol. The van der Waals surface area contributed by atoms with Crippen molar-refractivity contribution >= 4 is 17.3 Å². The number of anilines is 1. The number of aromatic nitrogens is 1. The van der Waals surface area contributed by atoms with Crippen LogP contribution in [0.15, 0.2) is 42.7 Å². The van der Waals surface area contributed by atoms with Crippen LogP contribution in [0.5, 0.6) is 0 Å². The van der Waals surface area contributed by atoms with Gasteiger partial charge in [0.2, 0.25) is 0 Å². The standard InChI is InChI=1S/C13H10ClN3/c14-13-7-12(2-1-11(13)8-15)17-9-10-3-5-16-6-4-10/h1-7,17H,9H2. The van der Waals surface area contributed by atoms with Gasteiger partial charge in [-0.1, -0.05) is 11.6 Å². The number of hydrogen-bond donors (Lipinski definition) is 1. The van der Waals surface area contributed by atoms with Gasteiger partial charge in [-0.2, -0.15) is 5.26 Å². The van der Waals surface area contributed by atoms with Gasteiger partial charge >= 0.3 is 0 Å². The molecule has 0 saturated carbocycles. The van der Waals surface area contributed by atoms with Crippen LogP contribution in [0.2, 0.25) is 5.02 Å². The van der Waals surface area contributed by atoms with Crippen LogP contribution in [-0.4, -0.2) is 4.98 Å². The molecular formula is C13H10ClN3. The maximum Gasteiger partial charge on any atom is 0.101 e. The summed E-state index contributed by atoms with van der Waals surface area (Å²) in [7, 11) is 0. The fourth-order valence-electron chi connectivity index (χ4n) is 1.42. The molecule has 1 N–H and O–H groups in total. The first kappa shape index (κ1) is 11.4. The third kappa shape index (κ3) is 2.96. The summed E-state index contributed by atoms with van der Waals surface area (Å²) in [4.78, 5) is 3.95. The van der Waals surface area contributed by atoms with Gasteiger partial charge in [-0.05, 0) is 35.9 Å². The third-order valence-electron chi connectivity index (χ3n) is 2.34. The van der Waals surface area contributed by atoms with E-state index in [0.717, 1.165) is 11.3 Å². The molecule has 1 aromatic carbocycles. The maximum absolute atomic E-state index is 8.76. The van der Waals surface area contributed by atoms with Crippen molar-refractivity contribution < 1.29 is 0 Å². The number of hydrogen-bond acceptors (Lipinski definition) is 3. The Kier molecular flexibility index (Phi) is 3.59. The number of nitrogens with zero attached hydrogens (tertiary/aromatic N) is 2. The first-order chi connectivity index (χ1) is 8.29. The molecule has 1 aromatic heterocycles. The van der Waals surface area contributed by atoms with E-state index in [2.05, 4.69) is 10.3 Å². The molecule has 1 heterocycles. The van der Waals surface area contributed by atoms with Crippen molar-refractivity contribution in [2.75, 3.05) is 5.32 Å². The van der Waals surface area contributed by atoms with Gasteiger partial charge in [0.25, 0.3) is 0 Å². The molecule has 3 nitrogen and oxygen atoms in total. The van der Waals surface area contributed by atoms with Crippen molar-refractivity contribution in [1.29, 1.82) is 5.26 Å². The molecule has 0 aliphatic carbocycles. The zero-order valence-electron chi connectivity index (χ0n) is 9.02. The van der Waals surface area contributed by atoms with Gasteiger partial charge in [-0.3, -0.25) is 4.98 Å². The monoisotopic (exact) mass is 243 g/mol. The van der Waals surface area contributed by atoms with Crippen LogP contribution in [0.25, 0.3) is 0 Å². The predicted molar refractivity (Wildman–Crippen MR) is 67.7 cm³/mol. The maximum atomic E-state index is 8.76. The summed E-state index contributed by atoms with van der Waals surface area (Å²) in [5.41, 5.74) is 2.52. The number of benzene rings is 1. The largest absolute Gasteiger partial charge is 0.381 e. The fraction of sp³-hybridized carbons (Fsp3) is 0.0769. The smallest absolute Gasteiger partial charge is 0.101 e. The normalized spacial score (nSPS) is 9.65. The van der Waals surface area contributed by atoms with Gasteiger partial charge in [0.15, 0.2) is 0 Å². The minimum atomic E-state index is 0.465. The molecule has 0 spiro atoms. The molecule has 0 fully saturated rings. The quantitative estimate of drug-likeness (QED) is 0.901. The highest BCUT2D eigenvalue weighted by Gasteiger charge is 2.00. The summed E-state index contributed by atoms with van der Waals surface area (Å²) in [6.45, 7) is 0.699. The zero-order valence-corrected chi connectivity index (χ0v) is 9.78. The summed E-state index contributed by atoms with van der Waals surface area (Å²) in [6, 6.07) is 11.2. The molecule has 0 bridgehead atoms. The Balaban J connectivity index is 2.06. The first-order valence-electron chi connectivity index (χ1n) is 5.12. The minimum Gasteiger partial charge on any atom is -0.381 e. The molecule has 0 atom stereocenters. The second-order valence-electron chi connectivity index (χ2n) is 3.52. The van der Waals surface area contributed by atoms with Crippen molar-refractivity contribution in [1.82, 2.24) is 4.98 Å². The highest BCUT2D eigenvalue weighted by Crippen LogP contribution is 2.20. The van der Waals surface area contributed by atoms with Crippen LogP contribution in [0, 0.1) is 11.3 Å². The fourth-order valence-corrected chi connectivity index (χ4v) is 1.64. The lowest BCUT2D eigenvalue weighted by molar-refractivity contribution is 1.13.